The molecular formula is C19H20FN3O. The SMILES string of the molecule is CN(CCCO)c1ccc(C#CC2=CC3CC(F)=CN=C3N2)cc1. The van der Waals surface area contributed by atoms with Crippen LogP contribution in [0.25, 0.3) is 0 Å². The molecule has 1 aromatic rings. The first-order valence-corrected chi connectivity index (χ1v) is 8.01. The van der Waals surface area contributed by atoms with Gasteiger partial charge in [-0.1, -0.05) is 5.92 Å². The molecule has 0 amide bonds. The number of allylic oxidation sites excluding steroid dienone is 2. The summed E-state index contributed by atoms with van der Waals surface area (Å²) in [5.74, 6) is 6.73. The number of aliphatic hydroxyl groups is 1. The van der Waals surface area contributed by atoms with Crippen molar-refractivity contribution in [2.75, 3.05) is 25.1 Å². The highest BCUT2D eigenvalue weighted by atomic mass is 19.1. The molecule has 1 atom stereocenters. The zero-order valence-corrected chi connectivity index (χ0v) is 13.6. The van der Waals surface area contributed by atoms with Crippen LogP contribution in [0.2, 0.25) is 0 Å². The molecule has 4 nitrogen and oxygen atoms in total. The molecule has 0 spiro atoms. The quantitative estimate of drug-likeness (QED) is 0.837. The van der Waals surface area contributed by atoms with Crippen molar-refractivity contribution in [3.8, 4) is 11.8 Å². The predicted molar refractivity (Wildman–Crippen MR) is 94.2 cm³/mol. The third-order valence-electron chi connectivity index (χ3n) is 4.04. The first kappa shape index (κ1) is 16.3. The average molecular weight is 325 g/mol. The first-order valence-electron chi connectivity index (χ1n) is 8.01. The van der Waals surface area contributed by atoms with Crippen molar-refractivity contribution < 1.29 is 9.50 Å². The van der Waals surface area contributed by atoms with Gasteiger partial charge in [-0.05, 0) is 42.7 Å². The van der Waals surface area contributed by atoms with Gasteiger partial charge in [-0.15, -0.1) is 0 Å². The molecule has 1 unspecified atom stereocenters. The lowest BCUT2D eigenvalue weighted by Gasteiger charge is -2.18. The van der Waals surface area contributed by atoms with Crippen molar-refractivity contribution in [2.24, 2.45) is 10.9 Å². The smallest absolute Gasteiger partial charge is 0.119 e. The van der Waals surface area contributed by atoms with Gasteiger partial charge in [0.25, 0.3) is 0 Å². The Labute approximate surface area is 141 Å². The minimum Gasteiger partial charge on any atom is -0.396 e. The van der Waals surface area contributed by atoms with Crippen molar-refractivity contribution in [2.45, 2.75) is 12.8 Å². The van der Waals surface area contributed by atoms with Crippen LogP contribution >= 0.6 is 0 Å². The van der Waals surface area contributed by atoms with Crippen LogP contribution in [-0.4, -0.2) is 31.1 Å². The summed E-state index contributed by atoms with van der Waals surface area (Å²) in [5.41, 5.74) is 2.78. The third-order valence-corrected chi connectivity index (χ3v) is 4.04. The number of anilines is 1. The topological polar surface area (TPSA) is 47.9 Å². The zero-order valence-electron chi connectivity index (χ0n) is 13.6. The number of benzene rings is 1. The Bertz CT molecular complexity index is 753. The molecule has 3 rings (SSSR count). The Hall–Kier alpha value is -2.58. The number of hydrogen-bond donors (Lipinski definition) is 2. The Morgan fingerprint density at radius 2 is 2.12 bits per heavy atom. The minimum atomic E-state index is -0.197. The van der Waals surface area contributed by atoms with Crippen LogP contribution in [0.15, 0.2) is 53.1 Å². The molecule has 0 saturated carbocycles. The van der Waals surface area contributed by atoms with Crippen LogP contribution in [0.5, 0.6) is 0 Å². The van der Waals surface area contributed by atoms with Crippen molar-refractivity contribution >= 4 is 11.5 Å². The molecule has 2 N–H and O–H groups in total. The number of fused-ring (bicyclic) bond motifs is 1. The second kappa shape index (κ2) is 7.33. The van der Waals surface area contributed by atoms with E-state index in [1.165, 1.54) is 6.20 Å². The molecule has 0 fully saturated rings. The van der Waals surface area contributed by atoms with E-state index in [9.17, 15) is 4.39 Å². The zero-order chi connectivity index (χ0) is 16.9. The molecule has 0 radical (unpaired) electrons. The van der Waals surface area contributed by atoms with Gasteiger partial charge >= 0.3 is 0 Å². The molecule has 0 saturated heterocycles. The van der Waals surface area contributed by atoms with Crippen molar-refractivity contribution in [1.82, 2.24) is 5.32 Å². The highest BCUT2D eigenvalue weighted by molar-refractivity contribution is 5.92. The number of aliphatic imine (C=N–C) groups is 1. The molecule has 24 heavy (non-hydrogen) atoms. The van der Waals surface area contributed by atoms with E-state index in [4.69, 9.17) is 5.11 Å². The molecule has 1 aromatic carbocycles. The summed E-state index contributed by atoms with van der Waals surface area (Å²) >= 11 is 0. The third kappa shape index (κ3) is 3.84. The number of nitrogens with one attached hydrogen (secondary N) is 1. The number of hydrogen-bond acceptors (Lipinski definition) is 4. The summed E-state index contributed by atoms with van der Waals surface area (Å²) in [6.45, 7) is 1.01. The number of aliphatic hydroxyl groups excluding tert-OH is 1. The minimum absolute atomic E-state index is 0.0261. The second-order valence-electron chi connectivity index (χ2n) is 5.90. The van der Waals surface area contributed by atoms with Gasteiger partial charge in [0, 0.05) is 43.8 Å². The average Bonchev–Trinajstić information content (AvgIpc) is 3.00. The highest BCUT2D eigenvalue weighted by Gasteiger charge is 2.25. The maximum absolute atomic E-state index is 13.2. The van der Waals surface area contributed by atoms with Crippen LogP contribution in [0.4, 0.5) is 10.1 Å². The Balaban J connectivity index is 1.64. The Morgan fingerprint density at radius 1 is 1.33 bits per heavy atom. The van der Waals surface area contributed by atoms with Gasteiger partial charge in [0.1, 0.15) is 11.7 Å². The Kier molecular flexibility index (Phi) is 4.97. The number of rotatable bonds is 4. The molecule has 5 heteroatoms. The summed E-state index contributed by atoms with van der Waals surface area (Å²) in [6, 6.07) is 7.97. The van der Waals surface area contributed by atoms with Crippen LogP contribution in [-0.2, 0) is 0 Å². The van der Waals surface area contributed by atoms with Crippen molar-refractivity contribution in [3.63, 3.8) is 0 Å². The lowest BCUT2D eigenvalue weighted by Crippen LogP contribution is -2.23. The molecule has 0 bridgehead atoms. The largest absolute Gasteiger partial charge is 0.396 e. The second-order valence-corrected chi connectivity index (χ2v) is 5.90. The van der Waals surface area contributed by atoms with Gasteiger partial charge in [0.15, 0.2) is 0 Å². The lowest BCUT2D eigenvalue weighted by molar-refractivity contribution is 0.290. The number of halogens is 1. The summed E-state index contributed by atoms with van der Waals surface area (Å²) in [6.07, 6.45) is 4.29. The lowest BCUT2D eigenvalue weighted by atomic mass is 10.0. The summed E-state index contributed by atoms with van der Waals surface area (Å²) in [5, 5.41) is 12.0. The maximum Gasteiger partial charge on any atom is 0.119 e. The van der Waals surface area contributed by atoms with Crippen LogP contribution < -0.4 is 10.2 Å². The standard InChI is InChI=1S/C19H20FN3O/c1-23(9-2-10-24)18-7-4-14(5-8-18)3-6-17-12-15-11-16(20)13-21-19(15)22-17/h4-5,7-8,12-13,15,24H,2,9-11H2,1H3,(H,21,22). The molecule has 124 valence electrons. The first-order chi connectivity index (χ1) is 11.7. The molecule has 2 aliphatic rings. The van der Waals surface area contributed by atoms with E-state index in [0.717, 1.165) is 35.7 Å². The van der Waals surface area contributed by atoms with Crippen LogP contribution in [0.1, 0.15) is 18.4 Å². The fourth-order valence-electron chi connectivity index (χ4n) is 2.69. The number of nitrogens with zero attached hydrogens (tertiary/aromatic N) is 2. The van der Waals surface area contributed by atoms with Gasteiger partial charge in [0.2, 0.25) is 0 Å². The normalized spacial score (nSPS) is 18.5. The van der Waals surface area contributed by atoms with Gasteiger partial charge in [-0.25, -0.2) is 9.38 Å². The van der Waals surface area contributed by atoms with E-state index < -0.39 is 0 Å². The summed E-state index contributed by atoms with van der Waals surface area (Å²) < 4.78 is 13.2. The van der Waals surface area contributed by atoms with Gasteiger partial charge in [-0.3, -0.25) is 0 Å². The van der Waals surface area contributed by atoms with Gasteiger partial charge in [-0.2, -0.15) is 0 Å². The van der Waals surface area contributed by atoms with Gasteiger partial charge in [0.05, 0.1) is 11.9 Å². The van der Waals surface area contributed by atoms with E-state index in [2.05, 4.69) is 27.0 Å². The monoisotopic (exact) mass is 325 g/mol. The fraction of sp³-hybridized carbons (Fsp3) is 0.316. The molecule has 0 aromatic heterocycles. The fourth-order valence-corrected chi connectivity index (χ4v) is 2.69. The molecule has 2 heterocycles. The summed E-state index contributed by atoms with van der Waals surface area (Å²) in [4.78, 5) is 6.15. The maximum atomic E-state index is 13.2. The summed E-state index contributed by atoms with van der Waals surface area (Å²) in [7, 11) is 2.00. The number of amidine groups is 1. The predicted octanol–water partition coefficient (Wildman–Crippen LogP) is 2.57. The van der Waals surface area contributed by atoms with Crippen molar-refractivity contribution in [1.29, 1.82) is 0 Å². The van der Waals surface area contributed by atoms with Gasteiger partial charge < -0.3 is 15.3 Å². The molecule has 0 aliphatic carbocycles. The van der Waals surface area contributed by atoms with E-state index >= 15 is 0 Å². The molecular weight excluding hydrogens is 305 g/mol. The van der Waals surface area contributed by atoms with Crippen LogP contribution in [0.3, 0.4) is 0 Å². The highest BCUT2D eigenvalue weighted by Crippen LogP contribution is 2.25. The molecule has 2 aliphatic heterocycles. The van der Waals surface area contributed by atoms with E-state index in [-0.39, 0.29) is 18.4 Å². The van der Waals surface area contributed by atoms with E-state index in [1.807, 2.05) is 37.4 Å². The van der Waals surface area contributed by atoms with Crippen LogP contribution in [0, 0.1) is 17.8 Å². The van der Waals surface area contributed by atoms with Crippen molar-refractivity contribution in [3.05, 3.63) is 53.6 Å². The Morgan fingerprint density at radius 3 is 2.88 bits per heavy atom. The van der Waals surface area contributed by atoms with E-state index in [0.29, 0.717) is 6.42 Å². The van der Waals surface area contributed by atoms with E-state index in [1.54, 1.807) is 0 Å².